The summed E-state index contributed by atoms with van der Waals surface area (Å²) in [6.45, 7) is 11.2. The number of hydrogen-bond donors (Lipinski definition) is 0. The molecule has 5 nitrogen and oxygen atoms in total. The van der Waals surface area contributed by atoms with E-state index >= 15 is 0 Å². The van der Waals surface area contributed by atoms with Gasteiger partial charge in [-0.25, -0.2) is 0 Å². The normalized spacial score (nSPS) is 16.1. The van der Waals surface area contributed by atoms with Gasteiger partial charge in [-0.1, -0.05) is 20.8 Å². The SMILES string of the molecule is COc1ccc(OCCCN2CCN(C(=O)C(C)(C)C)CC2)cc1. The van der Waals surface area contributed by atoms with Gasteiger partial charge in [-0.15, -0.1) is 0 Å². The van der Waals surface area contributed by atoms with Gasteiger partial charge in [0, 0.05) is 38.1 Å². The highest BCUT2D eigenvalue weighted by Crippen LogP contribution is 2.19. The zero-order valence-electron chi connectivity index (χ0n) is 15.4. The summed E-state index contributed by atoms with van der Waals surface area (Å²) >= 11 is 0. The van der Waals surface area contributed by atoms with Crippen LogP contribution in [-0.4, -0.2) is 62.1 Å². The molecule has 0 N–H and O–H groups in total. The minimum Gasteiger partial charge on any atom is -0.497 e. The lowest BCUT2D eigenvalue weighted by Gasteiger charge is -2.37. The van der Waals surface area contributed by atoms with Crippen molar-refractivity contribution in [2.45, 2.75) is 27.2 Å². The van der Waals surface area contributed by atoms with Crippen molar-refractivity contribution in [2.24, 2.45) is 5.41 Å². The number of carbonyl (C=O) groups is 1. The van der Waals surface area contributed by atoms with Crippen LogP contribution in [0.4, 0.5) is 0 Å². The van der Waals surface area contributed by atoms with Crippen molar-refractivity contribution in [1.29, 1.82) is 0 Å². The highest BCUT2D eigenvalue weighted by atomic mass is 16.5. The molecule has 0 aromatic heterocycles. The number of piperazine rings is 1. The van der Waals surface area contributed by atoms with Crippen molar-refractivity contribution in [3.63, 3.8) is 0 Å². The van der Waals surface area contributed by atoms with Crippen LogP contribution in [0.1, 0.15) is 27.2 Å². The third-order valence-corrected chi connectivity index (χ3v) is 4.25. The Kier molecular flexibility index (Phi) is 6.49. The Morgan fingerprint density at radius 2 is 1.62 bits per heavy atom. The summed E-state index contributed by atoms with van der Waals surface area (Å²) in [5.41, 5.74) is -0.283. The largest absolute Gasteiger partial charge is 0.497 e. The van der Waals surface area contributed by atoms with E-state index in [1.165, 1.54) is 0 Å². The highest BCUT2D eigenvalue weighted by molar-refractivity contribution is 5.81. The molecule has 1 fully saturated rings. The van der Waals surface area contributed by atoms with Crippen LogP contribution in [0.2, 0.25) is 0 Å². The number of hydrogen-bond acceptors (Lipinski definition) is 4. The molecule has 0 unspecified atom stereocenters. The summed E-state index contributed by atoms with van der Waals surface area (Å²) in [5.74, 6) is 1.96. The Bertz CT molecular complexity index is 514. The fourth-order valence-electron chi connectivity index (χ4n) is 2.80. The summed E-state index contributed by atoms with van der Waals surface area (Å²) in [4.78, 5) is 16.7. The molecule has 1 saturated heterocycles. The third-order valence-electron chi connectivity index (χ3n) is 4.25. The van der Waals surface area contributed by atoms with Crippen LogP contribution >= 0.6 is 0 Å². The molecule has 2 rings (SSSR count). The summed E-state index contributed by atoms with van der Waals surface area (Å²) in [5, 5.41) is 0. The molecular formula is C19H30N2O3. The highest BCUT2D eigenvalue weighted by Gasteiger charge is 2.29. The average molecular weight is 334 g/mol. The second-order valence-electron chi connectivity index (χ2n) is 7.26. The second-order valence-corrected chi connectivity index (χ2v) is 7.26. The standard InChI is InChI=1S/C19H30N2O3/c1-19(2,3)18(22)21-13-11-20(12-14-21)10-5-15-24-17-8-6-16(23-4)7-9-17/h6-9H,5,10-15H2,1-4H3. The van der Waals surface area contributed by atoms with E-state index in [9.17, 15) is 4.79 Å². The first-order valence-corrected chi connectivity index (χ1v) is 8.69. The first-order chi connectivity index (χ1) is 11.4. The molecule has 1 amide bonds. The van der Waals surface area contributed by atoms with Crippen LogP contribution in [0.3, 0.4) is 0 Å². The lowest BCUT2D eigenvalue weighted by atomic mass is 9.94. The monoisotopic (exact) mass is 334 g/mol. The van der Waals surface area contributed by atoms with E-state index in [2.05, 4.69) is 4.90 Å². The van der Waals surface area contributed by atoms with E-state index in [1.807, 2.05) is 49.9 Å². The Morgan fingerprint density at radius 3 is 2.17 bits per heavy atom. The van der Waals surface area contributed by atoms with Crippen LogP contribution in [0.25, 0.3) is 0 Å². The van der Waals surface area contributed by atoms with Crippen LogP contribution in [0, 0.1) is 5.41 Å². The predicted octanol–water partition coefficient (Wildman–Crippen LogP) is 2.65. The van der Waals surface area contributed by atoms with Crippen LogP contribution in [0.5, 0.6) is 11.5 Å². The number of nitrogens with zero attached hydrogens (tertiary/aromatic N) is 2. The molecule has 0 atom stereocenters. The van der Waals surface area contributed by atoms with Gasteiger partial charge in [0.25, 0.3) is 0 Å². The fraction of sp³-hybridized carbons (Fsp3) is 0.632. The number of benzene rings is 1. The molecule has 5 heteroatoms. The van der Waals surface area contributed by atoms with E-state index in [-0.39, 0.29) is 11.3 Å². The van der Waals surface area contributed by atoms with Gasteiger partial charge in [-0.3, -0.25) is 9.69 Å². The van der Waals surface area contributed by atoms with Gasteiger partial charge >= 0.3 is 0 Å². The maximum atomic E-state index is 12.3. The Labute approximate surface area is 145 Å². The zero-order valence-corrected chi connectivity index (χ0v) is 15.4. The molecule has 0 spiro atoms. The first kappa shape index (κ1) is 18.6. The van der Waals surface area contributed by atoms with E-state index in [1.54, 1.807) is 7.11 Å². The summed E-state index contributed by atoms with van der Waals surface area (Å²) < 4.78 is 10.9. The molecule has 134 valence electrons. The Balaban J connectivity index is 1.63. The lowest BCUT2D eigenvalue weighted by molar-refractivity contribution is -0.141. The molecule has 1 aliphatic rings. The van der Waals surface area contributed by atoms with Gasteiger partial charge in [0.05, 0.1) is 13.7 Å². The minimum atomic E-state index is -0.283. The first-order valence-electron chi connectivity index (χ1n) is 8.69. The number of carbonyl (C=O) groups excluding carboxylic acids is 1. The van der Waals surface area contributed by atoms with E-state index < -0.39 is 0 Å². The maximum absolute atomic E-state index is 12.3. The summed E-state index contributed by atoms with van der Waals surface area (Å²) in [7, 11) is 1.66. The van der Waals surface area contributed by atoms with Crippen molar-refractivity contribution in [3.8, 4) is 11.5 Å². The Hall–Kier alpha value is -1.75. The molecule has 24 heavy (non-hydrogen) atoms. The summed E-state index contributed by atoms with van der Waals surface area (Å²) in [6.07, 6.45) is 0.985. The number of methoxy groups -OCH3 is 1. The molecule has 0 saturated carbocycles. The molecule has 0 aliphatic carbocycles. The van der Waals surface area contributed by atoms with Gasteiger partial charge < -0.3 is 14.4 Å². The van der Waals surface area contributed by atoms with Gasteiger partial charge in [-0.05, 0) is 30.7 Å². The van der Waals surface area contributed by atoms with Crippen molar-refractivity contribution in [1.82, 2.24) is 9.80 Å². The Morgan fingerprint density at radius 1 is 1.04 bits per heavy atom. The quantitative estimate of drug-likeness (QED) is 0.750. The predicted molar refractivity (Wildman–Crippen MR) is 95.6 cm³/mol. The van der Waals surface area contributed by atoms with Crippen molar-refractivity contribution < 1.29 is 14.3 Å². The van der Waals surface area contributed by atoms with E-state index in [0.29, 0.717) is 6.61 Å². The van der Waals surface area contributed by atoms with Gasteiger partial charge in [0.2, 0.25) is 5.91 Å². The smallest absolute Gasteiger partial charge is 0.228 e. The fourth-order valence-corrected chi connectivity index (χ4v) is 2.80. The van der Waals surface area contributed by atoms with E-state index in [0.717, 1.165) is 50.6 Å². The van der Waals surface area contributed by atoms with Crippen LogP contribution in [0.15, 0.2) is 24.3 Å². The topological polar surface area (TPSA) is 42.0 Å². The number of rotatable bonds is 6. The van der Waals surface area contributed by atoms with E-state index in [4.69, 9.17) is 9.47 Å². The number of ether oxygens (including phenoxy) is 2. The summed E-state index contributed by atoms with van der Waals surface area (Å²) in [6, 6.07) is 7.66. The van der Waals surface area contributed by atoms with Crippen molar-refractivity contribution >= 4 is 5.91 Å². The number of amides is 1. The van der Waals surface area contributed by atoms with Crippen molar-refractivity contribution in [3.05, 3.63) is 24.3 Å². The van der Waals surface area contributed by atoms with Gasteiger partial charge in [0.15, 0.2) is 0 Å². The van der Waals surface area contributed by atoms with Crippen molar-refractivity contribution in [2.75, 3.05) is 46.4 Å². The molecule has 1 aromatic carbocycles. The van der Waals surface area contributed by atoms with Gasteiger partial charge in [-0.2, -0.15) is 0 Å². The maximum Gasteiger partial charge on any atom is 0.228 e. The molecule has 0 bridgehead atoms. The molecule has 1 aromatic rings. The zero-order chi connectivity index (χ0) is 17.6. The molecule has 0 radical (unpaired) electrons. The minimum absolute atomic E-state index is 0.255. The third kappa shape index (κ3) is 5.41. The van der Waals surface area contributed by atoms with Crippen LogP contribution < -0.4 is 9.47 Å². The second kappa shape index (κ2) is 8.38. The van der Waals surface area contributed by atoms with Gasteiger partial charge in [0.1, 0.15) is 11.5 Å². The molecule has 1 heterocycles. The average Bonchev–Trinajstić information content (AvgIpc) is 2.58. The van der Waals surface area contributed by atoms with Crippen LogP contribution in [-0.2, 0) is 4.79 Å². The molecule has 1 aliphatic heterocycles. The molecular weight excluding hydrogens is 304 g/mol. The lowest BCUT2D eigenvalue weighted by Crippen LogP contribution is -2.51.